The van der Waals surface area contributed by atoms with Crippen molar-refractivity contribution in [2.45, 2.75) is 37.1 Å². The third kappa shape index (κ3) is 3.99. The van der Waals surface area contributed by atoms with E-state index >= 15 is 0 Å². The minimum Gasteiger partial charge on any atom is -0.461 e. The number of methoxy groups -OCH3 is 1. The first kappa shape index (κ1) is 18.2. The molecule has 0 amide bonds. The van der Waals surface area contributed by atoms with E-state index in [4.69, 9.17) is 11.6 Å². The summed E-state index contributed by atoms with van der Waals surface area (Å²) >= 11 is 6.98. The zero-order valence-electron chi connectivity index (χ0n) is 14.1. The summed E-state index contributed by atoms with van der Waals surface area (Å²) in [6.45, 7) is 2.23. The first-order valence-electron chi connectivity index (χ1n) is 8.06. The Labute approximate surface area is 155 Å². The maximum absolute atomic E-state index is 11.6. The molecule has 6 nitrogen and oxygen atoms in total. The lowest BCUT2D eigenvalue weighted by atomic mass is 9.79. The van der Waals surface area contributed by atoms with E-state index in [0.29, 0.717) is 16.1 Å². The zero-order valence-corrected chi connectivity index (χ0v) is 15.6. The van der Waals surface area contributed by atoms with Crippen LogP contribution in [0, 0.1) is 11.8 Å². The van der Waals surface area contributed by atoms with Gasteiger partial charge in [-0.05, 0) is 42.4 Å². The largest absolute Gasteiger partial charge is 0.461 e. The van der Waals surface area contributed by atoms with Gasteiger partial charge in [0.25, 0.3) is 0 Å². The van der Waals surface area contributed by atoms with Crippen molar-refractivity contribution in [2.24, 2.45) is 11.8 Å². The lowest BCUT2D eigenvalue weighted by Gasteiger charge is -2.35. The van der Waals surface area contributed by atoms with Crippen molar-refractivity contribution in [3.63, 3.8) is 0 Å². The molecule has 134 valence electrons. The van der Waals surface area contributed by atoms with Crippen molar-refractivity contribution >= 4 is 28.7 Å². The SMILES string of the molecule is COC(=O)Sc1ncnn1CC(O)(c1cccc(Cl)c1)C(C)C1CC1. The predicted molar refractivity (Wildman–Crippen MR) is 95.5 cm³/mol. The van der Waals surface area contributed by atoms with Gasteiger partial charge in [0.1, 0.15) is 11.9 Å². The van der Waals surface area contributed by atoms with Crippen molar-refractivity contribution in [3.05, 3.63) is 41.2 Å². The Kier molecular flexibility index (Phi) is 5.36. The van der Waals surface area contributed by atoms with E-state index in [0.717, 1.165) is 30.2 Å². The Morgan fingerprint density at radius 1 is 1.56 bits per heavy atom. The molecule has 25 heavy (non-hydrogen) atoms. The fourth-order valence-corrected chi connectivity index (χ4v) is 3.77. The average molecular weight is 382 g/mol. The molecule has 2 aromatic rings. The number of hydrogen-bond acceptors (Lipinski definition) is 6. The number of halogens is 1. The highest BCUT2D eigenvalue weighted by Crippen LogP contribution is 2.47. The number of nitrogens with zero attached hydrogens (tertiary/aromatic N) is 3. The number of hydrogen-bond donors (Lipinski definition) is 1. The number of carbonyl (C=O) groups is 1. The van der Waals surface area contributed by atoms with E-state index < -0.39 is 10.9 Å². The number of aliphatic hydroxyl groups is 1. The van der Waals surface area contributed by atoms with E-state index in [1.165, 1.54) is 13.4 Å². The maximum Gasteiger partial charge on any atom is 0.374 e. The molecule has 0 aliphatic heterocycles. The van der Waals surface area contributed by atoms with Crippen LogP contribution in [0.2, 0.25) is 5.02 Å². The van der Waals surface area contributed by atoms with Gasteiger partial charge in [0.2, 0.25) is 0 Å². The Morgan fingerprint density at radius 2 is 2.32 bits per heavy atom. The number of aromatic nitrogens is 3. The molecule has 0 saturated heterocycles. The molecular formula is C17H20ClN3O3S. The minimum atomic E-state index is -1.16. The molecule has 2 atom stereocenters. The smallest absolute Gasteiger partial charge is 0.374 e. The molecule has 1 fully saturated rings. The van der Waals surface area contributed by atoms with Crippen molar-refractivity contribution in [1.29, 1.82) is 0 Å². The lowest BCUT2D eigenvalue weighted by molar-refractivity contribution is -0.0462. The first-order chi connectivity index (χ1) is 11.9. The number of thioether (sulfide) groups is 1. The summed E-state index contributed by atoms with van der Waals surface area (Å²) in [5, 5.41) is 16.3. The Hall–Kier alpha value is -1.57. The van der Waals surface area contributed by atoms with Crippen LogP contribution in [0.5, 0.6) is 0 Å². The number of ether oxygens (including phenoxy) is 1. The number of benzene rings is 1. The second-order valence-corrected chi connectivity index (χ2v) is 7.66. The van der Waals surface area contributed by atoms with E-state index in [1.54, 1.807) is 16.8 Å². The summed E-state index contributed by atoms with van der Waals surface area (Å²) in [6.07, 6.45) is 3.57. The van der Waals surface area contributed by atoms with Gasteiger partial charge in [0.05, 0.1) is 13.7 Å². The molecule has 8 heteroatoms. The van der Waals surface area contributed by atoms with Crippen molar-refractivity contribution in [2.75, 3.05) is 7.11 Å². The highest BCUT2D eigenvalue weighted by molar-refractivity contribution is 8.13. The van der Waals surface area contributed by atoms with Crippen molar-refractivity contribution in [3.8, 4) is 0 Å². The summed E-state index contributed by atoms with van der Waals surface area (Å²) in [5.74, 6) is 0.482. The Balaban J connectivity index is 1.94. The molecule has 0 radical (unpaired) electrons. The van der Waals surface area contributed by atoms with Crippen LogP contribution in [0.25, 0.3) is 0 Å². The van der Waals surface area contributed by atoms with Crippen LogP contribution in [0.4, 0.5) is 4.79 Å². The second-order valence-electron chi connectivity index (χ2n) is 6.32. The van der Waals surface area contributed by atoms with Crippen LogP contribution in [0.3, 0.4) is 0 Å². The normalized spacial score (nSPS) is 17.8. The van der Waals surface area contributed by atoms with Gasteiger partial charge >= 0.3 is 5.30 Å². The predicted octanol–water partition coefficient (Wildman–Crippen LogP) is 3.72. The quantitative estimate of drug-likeness (QED) is 0.607. The van der Waals surface area contributed by atoms with Gasteiger partial charge in [0.15, 0.2) is 5.16 Å². The maximum atomic E-state index is 11.6. The highest BCUT2D eigenvalue weighted by Gasteiger charge is 2.45. The molecular weight excluding hydrogens is 362 g/mol. The third-order valence-electron chi connectivity index (χ3n) is 4.72. The molecule has 1 aliphatic rings. The van der Waals surface area contributed by atoms with E-state index in [1.807, 2.05) is 19.1 Å². The van der Waals surface area contributed by atoms with Crippen LogP contribution in [-0.4, -0.2) is 32.3 Å². The van der Waals surface area contributed by atoms with E-state index in [2.05, 4.69) is 14.8 Å². The van der Waals surface area contributed by atoms with Crippen LogP contribution in [0.15, 0.2) is 35.7 Å². The molecule has 1 heterocycles. The van der Waals surface area contributed by atoms with Crippen LogP contribution >= 0.6 is 23.4 Å². The fourth-order valence-electron chi connectivity index (χ4n) is 3.03. The van der Waals surface area contributed by atoms with Crippen molar-refractivity contribution in [1.82, 2.24) is 14.8 Å². The average Bonchev–Trinajstić information content (AvgIpc) is 3.36. The molecule has 3 rings (SSSR count). The monoisotopic (exact) mass is 381 g/mol. The second kappa shape index (κ2) is 7.35. The topological polar surface area (TPSA) is 77.2 Å². The Bertz CT molecular complexity index is 765. The van der Waals surface area contributed by atoms with Crippen molar-refractivity contribution < 1.29 is 14.6 Å². The summed E-state index contributed by atoms with van der Waals surface area (Å²) in [5.41, 5.74) is -0.422. The molecule has 0 bridgehead atoms. The number of rotatable bonds is 6. The molecule has 1 saturated carbocycles. The van der Waals surface area contributed by atoms with Gasteiger partial charge in [-0.2, -0.15) is 5.10 Å². The standard InChI is InChI=1S/C17H20ClN3O3S/c1-11(12-6-7-12)17(23,13-4-3-5-14(18)8-13)9-21-15(19-10-20-21)25-16(22)24-2/h3-5,8,10-12,23H,6-7,9H2,1-2H3. The summed E-state index contributed by atoms with van der Waals surface area (Å²) in [7, 11) is 1.31. The van der Waals surface area contributed by atoms with Gasteiger partial charge in [-0.3, -0.25) is 0 Å². The molecule has 1 aromatic heterocycles. The minimum absolute atomic E-state index is 0.0196. The highest BCUT2D eigenvalue weighted by atomic mass is 35.5. The van der Waals surface area contributed by atoms with Gasteiger partial charge < -0.3 is 9.84 Å². The Morgan fingerprint density at radius 3 is 2.96 bits per heavy atom. The lowest BCUT2D eigenvalue weighted by Crippen LogP contribution is -2.39. The molecule has 1 aliphatic carbocycles. The van der Waals surface area contributed by atoms with Crippen LogP contribution < -0.4 is 0 Å². The zero-order chi connectivity index (χ0) is 18.0. The molecule has 2 unspecified atom stereocenters. The molecule has 0 spiro atoms. The molecule has 1 N–H and O–H groups in total. The summed E-state index contributed by atoms with van der Waals surface area (Å²) < 4.78 is 6.21. The number of carbonyl (C=O) groups excluding carboxylic acids is 1. The third-order valence-corrected chi connectivity index (χ3v) is 5.79. The van der Waals surface area contributed by atoms with Crippen LogP contribution in [-0.2, 0) is 16.9 Å². The van der Waals surface area contributed by atoms with E-state index in [-0.39, 0.29) is 12.5 Å². The fraction of sp³-hybridized carbons (Fsp3) is 0.471. The van der Waals surface area contributed by atoms with Gasteiger partial charge in [-0.15, -0.1) is 0 Å². The molecule has 1 aromatic carbocycles. The van der Waals surface area contributed by atoms with Gasteiger partial charge in [-0.1, -0.05) is 30.7 Å². The van der Waals surface area contributed by atoms with E-state index in [9.17, 15) is 9.90 Å². The van der Waals surface area contributed by atoms with Crippen LogP contribution in [0.1, 0.15) is 25.3 Å². The summed E-state index contributed by atoms with van der Waals surface area (Å²) in [6, 6.07) is 7.26. The summed E-state index contributed by atoms with van der Waals surface area (Å²) in [4.78, 5) is 15.6. The first-order valence-corrected chi connectivity index (χ1v) is 9.25. The van der Waals surface area contributed by atoms with Gasteiger partial charge in [-0.25, -0.2) is 14.5 Å². The van der Waals surface area contributed by atoms with Gasteiger partial charge in [0, 0.05) is 16.8 Å².